The molecule has 5 nitrogen and oxygen atoms in total. The first kappa shape index (κ1) is 40.2. The van der Waals surface area contributed by atoms with Gasteiger partial charge in [0.1, 0.15) is 18.2 Å². The smallest absolute Gasteiger partial charge is 0.132 e. The van der Waals surface area contributed by atoms with Crippen LogP contribution in [0, 0.1) is 23.7 Å². The SMILES string of the molecule is C1=CC2C=CC3C4=C(CCC=C4)N(C4C=CC=C5C=c6c(c7ccccc7n6C6CC=Cc7c(C8=NC(c9ccccc9)NC(c9ccc%10c(ccc%11ccccc%11%10)c9)N8)cccc76)=CC54)C3C2C=C1. The van der Waals surface area contributed by atoms with Crippen LogP contribution in [0.2, 0.25) is 0 Å². The number of aromatic nitrogens is 1. The Balaban J connectivity index is 0.826. The van der Waals surface area contributed by atoms with E-state index in [-0.39, 0.29) is 30.3 Å². The van der Waals surface area contributed by atoms with Crippen LogP contribution >= 0.6 is 0 Å². The van der Waals surface area contributed by atoms with Crippen LogP contribution in [0.15, 0.2) is 222 Å². The van der Waals surface area contributed by atoms with E-state index in [0.29, 0.717) is 23.8 Å². The number of hydrogen-bond acceptors (Lipinski definition) is 4. The fourth-order valence-electron chi connectivity index (χ4n) is 13.7. The first-order valence-corrected chi connectivity index (χ1v) is 25.5. The number of nitrogens with one attached hydrogen (secondary N) is 2. The van der Waals surface area contributed by atoms with E-state index in [4.69, 9.17) is 4.99 Å². The minimum atomic E-state index is -0.231. The molecule has 0 spiro atoms. The third-order valence-corrected chi connectivity index (χ3v) is 16.8. The zero-order valence-electron chi connectivity index (χ0n) is 38.9. The first-order chi connectivity index (χ1) is 34.7. The maximum Gasteiger partial charge on any atom is 0.132 e. The lowest BCUT2D eigenvalue weighted by molar-refractivity contribution is 0.139. The molecule has 0 saturated heterocycles. The number of aliphatic imine (C=N–C) groups is 1. The quantitative estimate of drug-likeness (QED) is 0.134. The summed E-state index contributed by atoms with van der Waals surface area (Å²) in [5, 5.41) is 16.8. The van der Waals surface area contributed by atoms with Crippen LogP contribution < -0.4 is 21.2 Å². The summed E-state index contributed by atoms with van der Waals surface area (Å²) in [6.45, 7) is 0. The largest absolute Gasteiger partial charge is 0.363 e. The molecule has 0 bridgehead atoms. The summed E-state index contributed by atoms with van der Waals surface area (Å²) in [4.78, 5) is 8.38. The van der Waals surface area contributed by atoms with E-state index < -0.39 is 0 Å². The second-order valence-electron chi connectivity index (χ2n) is 20.4. The van der Waals surface area contributed by atoms with Gasteiger partial charge in [-0.15, -0.1) is 0 Å². The molecular weight excluding hydrogens is 851 g/mol. The van der Waals surface area contributed by atoms with Gasteiger partial charge in [0.15, 0.2) is 0 Å². The van der Waals surface area contributed by atoms with Crippen molar-refractivity contribution in [2.75, 3.05) is 0 Å². The minimum absolute atomic E-state index is 0.0989. The maximum atomic E-state index is 5.48. The lowest BCUT2D eigenvalue weighted by Crippen LogP contribution is -2.51. The number of nitrogens with zero attached hydrogens (tertiary/aromatic N) is 3. The van der Waals surface area contributed by atoms with Gasteiger partial charge in [0.2, 0.25) is 0 Å². The van der Waals surface area contributed by atoms with Crippen LogP contribution in [-0.4, -0.2) is 27.4 Å². The highest BCUT2D eigenvalue weighted by molar-refractivity contribution is 6.08. The van der Waals surface area contributed by atoms with Crippen LogP contribution in [0.4, 0.5) is 0 Å². The Hall–Kier alpha value is -7.73. The second kappa shape index (κ2) is 15.9. The number of benzene rings is 6. The van der Waals surface area contributed by atoms with Gasteiger partial charge in [-0.25, -0.2) is 4.99 Å². The fraction of sp³-hybridized carbons (Fsp3) is 0.185. The van der Waals surface area contributed by atoms with E-state index in [0.717, 1.165) is 36.2 Å². The van der Waals surface area contributed by atoms with Crippen molar-refractivity contribution in [3.8, 4) is 0 Å². The van der Waals surface area contributed by atoms with Crippen molar-refractivity contribution in [1.29, 1.82) is 0 Å². The number of allylic oxidation sites excluding steroid dienone is 10. The standard InChI is InChI=1S/C65H53N5/c1-2-17-42(18-3-1)63-66-64(45-34-35-47-44(37-45)32-31-40-15-4-6-20-46(40)47)68-65(67-63)54-26-13-25-50-49(54)24-14-30-58(50)69-57-27-10-9-23-52(57)56-39-55-43(38-61(56)69)19-12-29-60(55)70-59-28-11-8-22-51(59)53-36-33-41-16-5-7-21-48(41)62(53)70/h1-10,12-27,29,31-39,41,48,53,55,58,60,62-64,66H,11,28,30H2,(H,67,68). The van der Waals surface area contributed by atoms with Gasteiger partial charge >= 0.3 is 0 Å². The molecule has 1 aromatic heterocycles. The van der Waals surface area contributed by atoms with Crippen LogP contribution in [0.5, 0.6) is 0 Å². The highest BCUT2D eigenvalue weighted by Gasteiger charge is 2.49. The number of fused-ring (bicyclic) bond motifs is 12. The molecule has 8 aliphatic rings. The zero-order chi connectivity index (χ0) is 45.9. The average Bonchev–Trinajstić information content (AvgIpc) is 3.94. The van der Waals surface area contributed by atoms with Crippen molar-refractivity contribution < 1.29 is 0 Å². The van der Waals surface area contributed by atoms with Crippen molar-refractivity contribution in [3.63, 3.8) is 0 Å². The molecule has 0 amide bonds. The highest BCUT2D eigenvalue weighted by Crippen LogP contribution is 2.51. The highest BCUT2D eigenvalue weighted by atomic mass is 15.3. The van der Waals surface area contributed by atoms with Gasteiger partial charge in [-0.05, 0) is 92.4 Å². The summed E-state index contributed by atoms with van der Waals surface area (Å²) in [7, 11) is 0. The molecule has 70 heavy (non-hydrogen) atoms. The molecule has 2 N–H and O–H groups in total. The van der Waals surface area contributed by atoms with Gasteiger partial charge < -0.3 is 14.8 Å². The molecule has 2 aliphatic heterocycles. The lowest BCUT2D eigenvalue weighted by atomic mass is 9.71. The summed E-state index contributed by atoms with van der Waals surface area (Å²) in [5.74, 6) is 2.46. The van der Waals surface area contributed by atoms with Gasteiger partial charge in [-0.2, -0.15) is 0 Å². The Bertz CT molecular complexity index is 3780. The molecule has 6 aliphatic carbocycles. The topological polar surface area (TPSA) is 44.6 Å². The molecule has 6 aromatic carbocycles. The molecule has 3 heterocycles. The monoisotopic (exact) mass is 903 g/mol. The zero-order valence-corrected chi connectivity index (χ0v) is 38.9. The third-order valence-electron chi connectivity index (χ3n) is 16.8. The molecule has 0 radical (unpaired) electrons. The van der Waals surface area contributed by atoms with E-state index in [1.807, 2.05) is 0 Å². The van der Waals surface area contributed by atoms with E-state index >= 15 is 0 Å². The fourth-order valence-corrected chi connectivity index (χ4v) is 13.7. The third kappa shape index (κ3) is 6.17. The summed E-state index contributed by atoms with van der Waals surface area (Å²) < 4.78 is 2.66. The molecule has 7 aromatic rings. The maximum absolute atomic E-state index is 5.48. The minimum Gasteiger partial charge on any atom is -0.363 e. The number of hydrogen-bond donors (Lipinski definition) is 2. The van der Waals surface area contributed by atoms with E-state index in [9.17, 15) is 0 Å². The predicted molar refractivity (Wildman–Crippen MR) is 288 cm³/mol. The molecular formula is C65H53N5. The van der Waals surface area contributed by atoms with Gasteiger partial charge in [-0.1, -0.05) is 200 Å². The van der Waals surface area contributed by atoms with Crippen molar-refractivity contribution in [2.24, 2.45) is 28.7 Å². The van der Waals surface area contributed by atoms with Crippen molar-refractivity contribution >= 4 is 56.5 Å². The Morgan fingerprint density at radius 1 is 0.657 bits per heavy atom. The molecule has 5 heteroatoms. The van der Waals surface area contributed by atoms with Crippen molar-refractivity contribution in [1.82, 2.24) is 20.1 Å². The number of para-hydroxylation sites is 1. The Labute approximate surface area is 408 Å². The molecule has 9 unspecified atom stereocenters. The van der Waals surface area contributed by atoms with E-state index in [2.05, 4.69) is 239 Å². The number of amidine groups is 1. The van der Waals surface area contributed by atoms with Gasteiger partial charge in [-0.3, -0.25) is 5.32 Å². The van der Waals surface area contributed by atoms with Crippen molar-refractivity contribution in [3.05, 3.63) is 256 Å². The first-order valence-electron chi connectivity index (χ1n) is 25.5. The second-order valence-corrected chi connectivity index (χ2v) is 20.4. The van der Waals surface area contributed by atoms with E-state index in [1.54, 1.807) is 5.70 Å². The van der Waals surface area contributed by atoms with Gasteiger partial charge in [0.05, 0.1) is 12.1 Å². The van der Waals surface area contributed by atoms with Crippen LogP contribution in [0.3, 0.4) is 0 Å². The normalized spacial score (nSPS) is 27.7. The van der Waals surface area contributed by atoms with Gasteiger partial charge in [0.25, 0.3) is 0 Å². The lowest BCUT2D eigenvalue weighted by Gasteiger charge is -2.47. The molecule has 15 rings (SSSR count). The summed E-state index contributed by atoms with van der Waals surface area (Å²) in [6, 6.07) is 47.5. The van der Waals surface area contributed by atoms with Crippen LogP contribution in [0.25, 0.3) is 50.7 Å². The van der Waals surface area contributed by atoms with Crippen LogP contribution in [-0.2, 0) is 0 Å². The van der Waals surface area contributed by atoms with Crippen molar-refractivity contribution in [2.45, 2.75) is 49.7 Å². The summed E-state index contributed by atoms with van der Waals surface area (Å²) in [6.07, 6.45) is 39.2. The van der Waals surface area contributed by atoms with Crippen LogP contribution in [0.1, 0.15) is 65.5 Å². The van der Waals surface area contributed by atoms with E-state index in [1.165, 1.54) is 70.9 Å². The molecule has 0 fully saturated rings. The summed E-state index contributed by atoms with van der Waals surface area (Å²) in [5.41, 5.74) is 11.8. The predicted octanol–water partition coefficient (Wildman–Crippen LogP) is 12.2. The Kier molecular flexibility index (Phi) is 9.13. The Morgan fingerprint density at radius 3 is 2.47 bits per heavy atom. The van der Waals surface area contributed by atoms with Gasteiger partial charge in [0, 0.05) is 62.4 Å². The average molecular weight is 904 g/mol. The number of rotatable bonds is 5. The molecule has 0 saturated carbocycles. The molecule has 338 valence electrons. The Morgan fingerprint density at radius 2 is 1.51 bits per heavy atom. The summed E-state index contributed by atoms with van der Waals surface area (Å²) >= 11 is 0. The molecule has 9 atom stereocenters.